The van der Waals surface area contributed by atoms with Gasteiger partial charge in [-0.25, -0.2) is 0 Å². The van der Waals surface area contributed by atoms with Crippen LogP contribution in [-0.2, 0) is 27.5 Å². The molecule has 0 radical (unpaired) electrons. The number of anilines is 2. The smallest absolute Gasteiger partial charge is 0.319 e. The van der Waals surface area contributed by atoms with Gasteiger partial charge in [0.05, 0.1) is 31.0 Å². The molecule has 4 unspecified atom stereocenters. The Morgan fingerprint density at radius 1 is 0.949 bits per heavy atom. The molecule has 1 saturated carbocycles. The Balaban J connectivity index is 0.000000526. The molecule has 7 aromatic rings. The van der Waals surface area contributed by atoms with Crippen LogP contribution in [0.3, 0.4) is 0 Å². The third-order valence-corrected chi connectivity index (χ3v) is 16.2. The Labute approximate surface area is 465 Å². The zero-order chi connectivity index (χ0) is 55.3. The summed E-state index contributed by atoms with van der Waals surface area (Å²) in [6, 6.07) is 20.3. The van der Waals surface area contributed by atoms with Gasteiger partial charge in [-0.15, -0.1) is 0 Å². The molecule has 5 N–H and O–H groups in total. The summed E-state index contributed by atoms with van der Waals surface area (Å²) in [7, 11) is 4.77. The Morgan fingerprint density at radius 3 is 2.42 bits per heavy atom. The van der Waals surface area contributed by atoms with Crippen molar-refractivity contribution in [1.29, 1.82) is 0 Å². The number of nitrogens with one attached hydrogen (secondary N) is 4. The van der Waals surface area contributed by atoms with Gasteiger partial charge in [0, 0.05) is 110 Å². The van der Waals surface area contributed by atoms with Crippen LogP contribution in [-0.4, -0.2) is 137 Å². The molecule has 416 valence electrons. The Hall–Kier alpha value is -6.96. The van der Waals surface area contributed by atoms with Crippen molar-refractivity contribution in [2.75, 3.05) is 64.3 Å². The largest absolute Gasteiger partial charge is 0.486 e. The molecule has 79 heavy (non-hydrogen) atoms. The number of aromatic amines is 1. The molecule has 4 aliphatic heterocycles. The van der Waals surface area contributed by atoms with Crippen molar-refractivity contribution in [3.8, 4) is 34.0 Å². The second kappa shape index (κ2) is 24.6. The molecule has 1 aliphatic carbocycles. The van der Waals surface area contributed by atoms with Crippen LogP contribution >= 0.6 is 11.6 Å². The normalized spacial score (nSPS) is 19.3. The molecule has 18 nitrogen and oxygen atoms in total. The predicted molar refractivity (Wildman–Crippen MR) is 307 cm³/mol. The number of H-pyrrole nitrogens is 1. The van der Waals surface area contributed by atoms with Crippen LogP contribution in [0.5, 0.6) is 11.8 Å². The van der Waals surface area contributed by atoms with Crippen molar-refractivity contribution in [3.63, 3.8) is 0 Å². The quantitative estimate of drug-likeness (QED) is 0.0539. The van der Waals surface area contributed by atoms with E-state index in [2.05, 4.69) is 61.3 Å². The Morgan fingerprint density at radius 2 is 1.73 bits per heavy atom. The maximum Gasteiger partial charge on any atom is 0.319 e. The molecule has 5 fully saturated rings. The molecular formula is C60H72ClN11O7. The SMILES string of the molecule is CNCc1ccc(Cl)cc1.CNc1cc(COc2c(-c3c(C)ccc4[nH]ncc34)c(C3CC3)cc3c(N4CC5CC4CN5)nc(OC4CCOCC4)nc23)ccc1-c1cn(C(C(=O)N2CCCC2C=O)C(C)C)nc1C=O.CO. The third-order valence-electron chi connectivity index (χ3n) is 15.9. The highest BCUT2D eigenvalue weighted by atomic mass is 35.5. The number of carbonyl (C=O) groups is 3. The summed E-state index contributed by atoms with van der Waals surface area (Å²) in [6.45, 7) is 10.7. The molecule has 4 saturated heterocycles. The van der Waals surface area contributed by atoms with Gasteiger partial charge < -0.3 is 49.9 Å². The van der Waals surface area contributed by atoms with E-state index in [1.807, 2.05) is 76.6 Å². The summed E-state index contributed by atoms with van der Waals surface area (Å²) in [5, 5.41) is 32.2. The number of aromatic nitrogens is 6. The first-order chi connectivity index (χ1) is 38.5. The van der Waals surface area contributed by atoms with E-state index < -0.39 is 12.1 Å². The van der Waals surface area contributed by atoms with E-state index in [4.69, 9.17) is 40.9 Å². The molecule has 0 spiro atoms. The van der Waals surface area contributed by atoms with Crippen LogP contribution in [0.15, 0.2) is 73.1 Å². The number of amides is 1. The number of piperazine rings is 1. The van der Waals surface area contributed by atoms with Gasteiger partial charge in [0.1, 0.15) is 42.1 Å². The summed E-state index contributed by atoms with van der Waals surface area (Å²) in [5.74, 6) is 1.60. The lowest BCUT2D eigenvalue weighted by Crippen LogP contribution is -2.44. The highest BCUT2D eigenvalue weighted by molar-refractivity contribution is 6.30. The number of fused-ring (bicyclic) bond motifs is 4. The summed E-state index contributed by atoms with van der Waals surface area (Å²) in [4.78, 5) is 53.2. The predicted octanol–water partition coefficient (Wildman–Crippen LogP) is 8.82. The number of likely N-dealkylation sites (tertiary alicyclic amines) is 1. The second-order valence-electron chi connectivity index (χ2n) is 21.5. The number of aryl methyl sites for hydroxylation is 1. The fourth-order valence-corrected chi connectivity index (χ4v) is 12.0. The summed E-state index contributed by atoms with van der Waals surface area (Å²) < 4.78 is 21.2. The van der Waals surface area contributed by atoms with E-state index in [0.717, 1.165) is 138 Å². The molecule has 4 atom stereocenters. The topological polar surface area (TPSA) is 214 Å². The molecule has 7 heterocycles. The summed E-state index contributed by atoms with van der Waals surface area (Å²) in [6.07, 6.45) is 11.4. The second-order valence-corrected chi connectivity index (χ2v) is 21.9. The van der Waals surface area contributed by atoms with E-state index in [9.17, 15) is 14.4 Å². The van der Waals surface area contributed by atoms with E-state index in [0.29, 0.717) is 67.0 Å². The Bertz CT molecular complexity index is 3300. The van der Waals surface area contributed by atoms with E-state index in [1.54, 1.807) is 15.8 Å². The van der Waals surface area contributed by atoms with Crippen LogP contribution in [0.4, 0.5) is 11.5 Å². The van der Waals surface area contributed by atoms with Gasteiger partial charge in [0.2, 0.25) is 5.91 Å². The van der Waals surface area contributed by atoms with Crippen LogP contribution < -0.4 is 30.3 Å². The number of benzene rings is 4. The number of carbonyl (C=O) groups excluding carboxylic acids is 3. The van der Waals surface area contributed by atoms with Crippen LogP contribution in [0.25, 0.3) is 44.1 Å². The average molecular weight is 1090 g/mol. The minimum absolute atomic E-state index is 0.0609. The van der Waals surface area contributed by atoms with Crippen LogP contribution in [0.1, 0.15) is 103 Å². The van der Waals surface area contributed by atoms with Gasteiger partial charge in [0.25, 0.3) is 0 Å². The maximum absolute atomic E-state index is 14.0. The number of rotatable bonds is 17. The monoisotopic (exact) mass is 1090 g/mol. The third kappa shape index (κ3) is 11.6. The molecule has 19 heteroatoms. The minimum atomic E-state index is -0.685. The van der Waals surface area contributed by atoms with Crippen LogP contribution in [0, 0.1) is 12.8 Å². The number of aliphatic hydroxyl groups excluding tert-OH is 1. The van der Waals surface area contributed by atoms with E-state index >= 15 is 0 Å². The standard InChI is InChI=1S/C51H58N10O6.C8H10ClN.CH4O/c1-28(2)47(50(64)59-15-5-6-33(59)25-62)61-24-40(43(26-63)58-61)36-11-8-30(18-42(36)52-4)27-66-48-45(44-29(3)7-12-41-39(44)22-54-57-41)37(31-9-10-31)20-38-46(48)55-51(67-35-13-16-65-17-14-35)56-49(38)60-23-32-19-34(60)21-53-32;1-10-6-7-2-4-8(9)5-3-7;1-2/h7-8,11-12,18,20,22,24-26,28,31-35,47,52-53H,5-6,9-10,13-17,19,21,23,27H2,1-4H3,(H,54,57);2-5,10H,6H2,1H3;2H,1H3. The number of hydrogen-bond donors (Lipinski definition) is 5. The van der Waals surface area contributed by atoms with Gasteiger partial charge in [-0.2, -0.15) is 20.2 Å². The Kier molecular flexibility index (Phi) is 17.2. The molecule has 3 aromatic heterocycles. The first-order valence-corrected chi connectivity index (χ1v) is 28.1. The molecular weight excluding hydrogens is 1020 g/mol. The first kappa shape index (κ1) is 55.4. The molecule has 1 amide bonds. The van der Waals surface area contributed by atoms with Crippen molar-refractivity contribution < 1.29 is 33.7 Å². The lowest BCUT2D eigenvalue weighted by atomic mass is 9.89. The fourth-order valence-electron chi connectivity index (χ4n) is 11.8. The number of hydrogen-bond acceptors (Lipinski definition) is 15. The zero-order valence-corrected chi connectivity index (χ0v) is 46.7. The van der Waals surface area contributed by atoms with Gasteiger partial charge in [-0.1, -0.05) is 55.8 Å². The minimum Gasteiger partial charge on any atom is -0.486 e. The van der Waals surface area contributed by atoms with Gasteiger partial charge in [-0.3, -0.25) is 19.4 Å². The lowest BCUT2D eigenvalue weighted by molar-refractivity contribution is -0.139. The summed E-state index contributed by atoms with van der Waals surface area (Å²) in [5.41, 5.74) is 10.5. The first-order valence-electron chi connectivity index (χ1n) is 27.7. The van der Waals surface area contributed by atoms with Gasteiger partial charge in [0.15, 0.2) is 12.0 Å². The number of aliphatic hydroxyl groups is 1. The van der Waals surface area contributed by atoms with E-state index in [1.165, 1.54) is 11.1 Å². The van der Waals surface area contributed by atoms with Crippen molar-refractivity contribution in [2.45, 2.75) is 115 Å². The molecule has 4 aromatic carbocycles. The number of nitrogens with zero attached hydrogens (tertiary/aromatic N) is 7. The number of ether oxygens (including phenoxy) is 3. The van der Waals surface area contributed by atoms with Crippen LogP contribution in [0.2, 0.25) is 5.02 Å². The van der Waals surface area contributed by atoms with Crippen molar-refractivity contribution >= 4 is 63.4 Å². The molecule has 12 rings (SSSR count). The average Bonchev–Trinajstić information content (AvgIpc) is 4.26. The van der Waals surface area contributed by atoms with Crippen molar-refractivity contribution in [2.24, 2.45) is 5.92 Å². The van der Waals surface area contributed by atoms with Crippen molar-refractivity contribution in [3.05, 3.63) is 106 Å². The number of halogens is 1. The highest BCUT2D eigenvalue weighted by Gasteiger charge is 2.41. The van der Waals surface area contributed by atoms with Gasteiger partial charge in [-0.05, 0) is 116 Å². The fraction of sp³-hybridized carbons (Fsp3) is 0.450. The lowest BCUT2D eigenvalue weighted by Gasteiger charge is -2.31. The zero-order valence-electron chi connectivity index (χ0n) is 45.9. The number of aldehydes is 2. The maximum atomic E-state index is 14.0. The van der Waals surface area contributed by atoms with Crippen molar-refractivity contribution in [1.82, 2.24) is 45.5 Å². The highest BCUT2D eigenvalue weighted by Crippen LogP contribution is 2.53. The van der Waals surface area contributed by atoms with Gasteiger partial charge >= 0.3 is 6.01 Å². The van der Waals surface area contributed by atoms with E-state index in [-0.39, 0.29) is 30.2 Å². The molecule has 2 bridgehead atoms. The summed E-state index contributed by atoms with van der Waals surface area (Å²) >= 11 is 5.69. The molecule has 5 aliphatic rings.